The van der Waals surface area contributed by atoms with Crippen molar-refractivity contribution >= 4 is 11.8 Å². The third-order valence-electron chi connectivity index (χ3n) is 6.85. The minimum absolute atomic E-state index is 0.0573. The van der Waals surface area contributed by atoms with Crippen LogP contribution in [0.3, 0.4) is 0 Å². The second-order valence-corrected chi connectivity index (χ2v) is 9.20. The fraction of sp³-hybridized carbons (Fsp3) is 0.500. The summed E-state index contributed by atoms with van der Waals surface area (Å²) in [4.78, 5) is 28.4. The highest BCUT2D eigenvalue weighted by molar-refractivity contribution is 5.88. The Kier molecular flexibility index (Phi) is 8.93. The minimum atomic E-state index is -0.527. The largest absolute Gasteiger partial charge is 0.483 e. The Morgan fingerprint density at radius 3 is 2.39 bits per heavy atom. The fourth-order valence-corrected chi connectivity index (χ4v) is 4.54. The molecule has 33 heavy (non-hydrogen) atoms. The number of hydrogen-bond acceptors (Lipinski definition) is 3. The maximum absolute atomic E-state index is 13.4. The van der Waals surface area contributed by atoms with Gasteiger partial charge in [0.25, 0.3) is 5.91 Å². The number of ether oxygens (including phenoxy) is 1. The van der Waals surface area contributed by atoms with E-state index in [1.54, 1.807) is 4.90 Å². The fourth-order valence-electron chi connectivity index (χ4n) is 4.54. The molecule has 0 saturated heterocycles. The van der Waals surface area contributed by atoms with Crippen LogP contribution in [0.5, 0.6) is 5.75 Å². The van der Waals surface area contributed by atoms with Crippen molar-refractivity contribution in [2.75, 3.05) is 6.61 Å². The second kappa shape index (κ2) is 11.9. The molecule has 1 aliphatic carbocycles. The van der Waals surface area contributed by atoms with Crippen LogP contribution in [0, 0.1) is 20.8 Å². The molecule has 1 fully saturated rings. The molecule has 2 aromatic carbocycles. The number of rotatable bonds is 9. The average molecular weight is 451 g/mol. The molecular formula is C28H38N2O3. The molecule has 1 N–H and O–H groups in total. The summed E-state index contributed by atoms with van der Waals surface area (Å²) in [6, 6.07) is 13.5. The van der Waals surface area contributed by atoms with Gasteiger partial charge in [0.1, 0.15) is 11.8 Å². The van der Waals surface area contributed by atoms with Crippen molar-refractivity contribution in [3.63, 3.8) is 0 Å². The first-order valence-electron chi connectivity index (χ1n) is 12.2. The van der Waals surface area contributed by atoms with Crippen LogP contribution >= 0.6 is 0 Å². The molecule has 1 saturated carbocycles. The number of nitrogens with zero attached hydrogens (tertiary/aromatic N) is 1. The van der Waals surface area contributed by atoms with Gasteiger partial charge in [-0.3, -0.25) is 9.59 Å². The van der Waals surface area contributed by atoms with E-state index in [1.807, 2.05) is 70.2 Å². The van der Waals surface area contributed by atoms with Crippen molar-refractivity contribution in [3.8, 4) is 5.75 Å². The van der Waals surface area contributed by atoms with E-state index in [-0.39, 0.29) is 24.5 Å². The lowest BCUT2D eigenvalue weighted by Gasteiger charge is -2.33. The molecular weight excluding hydrogens is 412 g/mol. The van der Waals surface area contributed by atoms with E-state index in [0.29, 0.717) is 18.7 Å². The molecule has 2 aromatic rings. The van der Waals surface area contributed by atoms with Gasteiger partial charge < -0.3 is 15.0 Å². The van der Waals surface area contributed by atoms with Crippen molar-refractivity contribution in [1.82, 2.24) is 10.2 Å². The highest BCUT2D eigenvalue weighted by Gasteiger charge is 2.30. The Bertz CT molecular complexity index is 950. The van der Waals surface area contributed by atoms with Crippen LogP contribution in [-0.4, -0.2) is 35.4 Å². The molecule has 5 heteroatoms. The predicted molar refractivity (Wildman–Crippen MR) is 132 cm³/mol. The van der Waals surface area contributed by atoms with Crippen LogP contribution in [0.25, 0.3) is 0 Å². The van der Waals surface area contributed by atoms with Crippen LogP contribution in [0.15, 0.2) is 42.5 Å². The van der Waals surface area contributed by atoms with Crippen molar-refractivity contribution in [2.45, 2.75) is 84.8 Å². The lowest BCUT2D eigenvalue weighted by molar-refractivity contribution is -0.143. The Labute approximate surface area is 198 Å². The lowest BCUT2D eigenvalue weighted by Crippen LogP contribution is -2.52. The molecule has 0 spiro atoms. The number of nitrogens with one attached hydrogen (secondary N) is 1. The first-order chi connectivity index (χ1) is 15.9. The Hall–Kier alpha value is -2.82. The van der Waals surface area contributed by atoms with E-state index in [2.05, 4.69) is 5.32 Å². The molecule has 0 heterocycles. The van der Waals surface area contributed by atoms with E-state index in [0.717, 1.165) is 47.9 Å². The van der Waals surface area contributed by atoms with Gasteiger partial charge in [0.2, 0.25) is 5.91 Å². The standard InChI is InChI=1S/C28H38N2O3/c1-5-25(28(32)29-24-15-7-6-8-16-24)30(18-23-14-10-9-12-21(23)3)27(31)19-33-26-17-11-13-20(2)22(26)4/h9-14,17,24-25H,5-8,15-16,18-19H2,1-4H3,(H,29,32)/t25-/m1/s1. The summed E-state index contributed by atoms with van der Waals surface area (Å²) in [6.45, 7) is 8.31. The molecule has 3 rings (SSSR count). The quantitative estimate of drug-likeness (QED) is 0.568. The van der Waals surface area contributed by atoms with Gasteiger partial charge in [-0.25, -0.2) is 0 Å². The van der Waals surface area contributed by atoms with Gasteiger partial charge >= 0.3 is 0 Å². The lowest BCUT2D eigenvalue weighted by atomic mass is 9.95. The van der Waals surface area contributed by atoms with Gasteiger partial charge in [-0.05, 0) is 68.4 Å². The minimum Gasteiger partial charge on any atom is -0.483 e. The molecule has 0 aliphatic heterocycles. The zero-order valence-corrected chi connectivity index (χ0v) is 20.5. The third kappa shape index (κ3) is 6.59. The summed E-state index contributed by atoms with van der Waals surface area (Å²) < 4.78 is 5.93. The molecule has 0 unspecified atom stereocenters. The van der Waals surface area contributed by atoms with Crippen LogP contribution in [0.2, 0.25) is 0 Å². The Morgan fingerprint density at radius 1 is 1.00 bits per heavy atom. The highest BCUT2D eigenvalue weighted by Crippen LogP contribution is 2.22. The summed E-state index contributed by atoms with van der Waals surface area (Å²) in [7, 11) is 0. The molecule has 178 valence electrons. The van der Waals surface area contributed by atoms with Gasteiger partial charge in [0.15, 0.2) is 6.61 Å². The van der Waals surface area contributed by atoms with Crippen molar-refractivity contribution in [2.24, 2.45) is 0 Å². The van der Waals surface area contributed by atoms with Crippen LogP contribution in [0.4, 0.5) is 0 Å². The van der Waals surface area contributed by atoms with Crippen LogP contribution in [0.1, 0.15) is 67.7 Å². The summed E-state index contributed by atoms with van der Waals surface area (Å²) in [5.41, 5.74) is 4.29. The Morgan fingerprint density at radius 2 is 1.70 bits per heavy atom. The molecule has 1 atom stereocenters. The molecule has 2 amide bonds. The zero-order valence-electron chi connectivity index (χ0n) is 20.5. The van der Waals surface area contributed by atoms with Gasteiger partial charge in [0, 0.05) is 12.6 Å². The molecule has 0 bridgehead atoms. The second-order valence-electron chi connectivity index (χ2n) is 9.20. The highest BCUT2D eigenvalue weighted by atomic mass is 16.5. The smallest absolute Gasteiger partial charge is 0.261 e. The van der Waals surface area contributed by atoms with E-state index in [9.17, 15) is 9.59 Å². The van der Waals surface area contributed by atoms with Gasteiger partial charge in [-0.2, -0.15) is 0 Å². The van der Waals surface area contributed by atoms with E-state index >= 15 is 0 Å². The van der Waals surface area contributed by atoms with Crippen LogP contribution in [-0.2, 0) is 16.1 Å². The van der Waals surface area contributed by atoms with E-state index in [4.69, 9.17) is 4.74 Å². The van der Waals surface area contributed by atoms with Gasteiger partial charge in [0.05, 0.1) is 0 Å². The first-order valence-corrected chi connectivity index (χ1v) is 12.2. The average Bonchev–Trinajstić information content (AvgIpc) is 2.81. The Balaban J connectivity index is 1.79. The van der Waals surface area contributed by atoms with Gasteiger partial charge in [-0.15, -0.1) is 0 Å². The number of carbonyl (C=O) groups excluding carboxylic acids is 2. The van der Waals surface area contributed by atoms with Gasteiger partial charge in [-0.1, -0.05) is 62.6 Å². The number of benzene rings is 2. The van der Waals surface area contributed by atoms with Crippen LogP contribution < -0.4 is 10.1 Å². The van der Waals surface area contributed by atoms with Crippen molar-refractivity contribution in [1.29, 1.82) is 0 Å². The molecule has 1 aliphatic rings. The maximum Gasteiger partial charge on any atom is 0.261 e. The zero-order chi connectivity index (χ0) is 23.8. The summed E-state index contributed by atoms with van der Waals surface area (Å²) in [6.07, 6.45) is 6.12. The van der Waals surface area contributed by atoms with Crippen molar-refractivity contribution in [3.05, 3.63) is 64.7 Å². The third-order valence-corrected chi connectivity index (χ3v) is 6.85. The SMILES string of the molecule is CC[C@H](C(=O)NC1CCCCC1)N(Cc1ccccc1C)C(=O)COc1cccc(C)c1C. The topological polar surface area (TPSA) is 58.6 Å². The van der Waals surface area contributed by atoms with E-state index in [1.165, 1.54) is 6.42 Å². The number of carbonyl (C=O) groups is 2. The summed E-state index contributed by atoms with van der Waals surface area (Å²) >= 11 is 0. The number of amides is 2. The monoisotopic (exact) mass is 450 g/mol. The number of aryl methyl sites for hydroxylation is 2. The summed E-state index contributed by atoms with van der Waals surface area (Å²) in [5.74, 6) is 0.474. The number of hydrogen-bond donors (Lipinski definition) is 1. The molecule has 0 aromatic heterocycles. The normalized spacial score (nSPS) is 15.0. The van der Waals surface area contributed by atoms with E-state index < -0.39 is 6.04 Å². The summed E-state index contributed by atoms with van der Waals surface area (Å²) in [5, 5.41) is 3.22. The predicted octanol–water partition coefficient (Wildman–Crippen LogP) is 5.25. The first kappa shape index (κ1) is 24.8. The molecule has 5 nitrogen and oxygen atoms in total. The molecule has 0 radical (unpaired) electrons. The van der Waals surface area contributed by atoms with Crippen molar-refractivity contribution < 1.29 is 14.3 Å². The maximum atomic E-state index is 13.4.